The third-order valence-electron chi connectivity index (χ3n) is 4.25. The Labute approximate surface area is 128 Å². The highest BCUT2D eigenvalue weighted by molar-refractivity contribution is 5.52. The van der Waals surface area contributed by atoms with Gasteiger partial charge in [-0.05, 0) is 31.9 Å². The standard InChI is InChI=1S/C16H17N5O/c1-11-14(18-20-21(11)13-9-3-2-4-10-13)15-17-16(22-19-15)12-7-5-6-8-12/h2-4,9-10,12H,5-8H2,1H3. The molecule has 0 spiro atoms. The van der Waals surface area contributed by atoms with E-state index in [0.717, 1.165) is 30.1 Å². The van der Waals surface area contributed by atoms with Gasteiger partial charge in [0.25, 0.3) is 0 Å². The Balaban J connectivity index is 1.67. The number of rotatable bonds is 3. The van der Waals surface area contributed by atoms with Gasteiger partial charge in [-0.3, -0.25) is 0 Å². The van der Waals surface area contributed by atoms with Crippen LogP contribution < -0.4 is 0 Å². The number of hydrogen-bond acceptors (Lipinski definition) is 5. The maximum atomic E-state index is 5.43. The molecule has 0 atom stereocenters. The third-order valence-corrected chi connectivity index (χ3v) is 4.25. The van der Waals surface area contributed by atoms with Crippen molar-refractivity contribution in [3.63, 3.8) is 0 Å². The summed E-state index contributed by atoms with van der Waals surface area (Å²) >= 11 is 0. The summed E-state index contributed by atoms with van der Waals surface area (Å²) in [6.45, 7) is 1.97. The van der Waals surface area contributed by atoms with Gasteiger partial charge in [-0.2, -0.15) is 4.98 Å². The molecule has 2 heterocycles. The van der Waals surface area contributed by atoms with E-state index in [1.165, 1.54) is 12.8 Å². The summed E-state index contributed by atoms with van der Waals surface area (Å²) in [6.07, 6.45) is 4.76. The van der Waals surface area contributed by atoms with E-state index in [0.29, 0.717) is 17.4 Å². The minimum absolute atomic E-state index is 0.408. The summed E-state index contributed by atoms with van der Waals surface area (Å²) in [6, 6.07) is 9.91. The lowest BCUT2D eigenvalue weighted by Crippen LogP contribution is -1.98. The van der Waals surface area contributed by atoms with Crippen molar-refractivity contribution in [2.45, 2.75) is 38.5 Å². The normalized spacial score (nSPS) is 15.5. The average Bonchev–Trinajstić information content (AvgIpc) is 3.28. The van der Waals surface area contributed by atoms with E-state index in [4.69, 9.17) is 4.52 Å². The fourth-order valence-electron chi connectivity index (χ4n) is 3.02. The zero-order valence-corrected chi connectivity index (χ0v) is 12.4. The van der Waals surface area contributed by atoms with Crippen molar-refractivity contribution in [2.24, 2.45) is 0 Å². The van der Waals surface area contributed by atoms with Crippen LogP contribution in [0.3, 0.4) is 0 Å². The fraction of sp³-hybridized carbons (Fsp3) is 0.375. The highest BCUT2D eigenvalue weighted by Gasteiger charge is 2.25. The molecule has 1 saturated carbocycles. The maximum absolute atomic E-state index is 5.43. The van der Waals surface area contributed by atoms with Crippen LogP contribution >= 0.6 is 0 Å². The first kappa shape index (κ1) is 13.2. The molecule has 3 aromatic rings. The molecule has 1 fully saturated rings. The van der Waals surface area contributed by atoms with Gasteiger partial charge in [-0.15, -0.1) is 5.10 Å². The van der Waals surface area contributed by atoms with Crippen molar-refractivity contribution in [1.29, 1.82) is 0 Å². The summed E-state index contributed by atoms with van der Waals surface area (Å²) in [7, 11) is 0. The van der Waals surface area contributed by atoms with Crippen molar-refractivity contribution in [3.8, 4) is 17.2 Å². The predicted octanol–water partition coefficient (Wildman–Crippen LogP) is 3.28. The van der Waals surface area contributed by atoms with Crippen molar-refractivity contribution in [3.05, 3.63) is 41.9 Å². The summed E-state index contributed by atoms with van der Waals surface area (Å²) in [4.78, 5) is 4.54. The van der Waals surface area contributed by atoms with E-state index in [1.54, 1.807) is 4.68 Å². The Morgan fingerprint density at radius 3 is 2.68 bits per heavy atom. The molecule has 6 nitrogen and oxygen atoms in total. The molecule has 0 saturated heterocycles. The molecule has 0 amide bonds. The van der Waals surface area contributed by atoms with E-state index in [2.05, 4.69) is 20.5 Å². The van der Waals surface area contributed by atoms with Gasteiger partial charge in [0.2, 0.25) is 11.7 Å². The second-order valence-electron chi connectivity index (χ2n) is 5.71. The molecule has 0 radical (unpaired) electrons. The molecule has 1 aromatic carbocycles. The lowest BCUT2D eigenvalue weighted by molar-refractivity contribution is 0.354. The van der Waals surface area contributed by atoms with E-state index >= 15 is 0 Å². The number of nitrogens with zero attached hydrogens (tertiary/aromatic N) is 5. The van der Waals surface area contributed by atoms with Gasteiger partial charge >= 0.3 is 0 Å². The molecule has 0 N–H and O–H groups in total. The Bertz CT molecular complexity index is 771. The zero-order valence-electron chi connectivity index (χ0n) is 12.4. The Morgan fingerprint density at radius 2 is 1.91 bits per heavy atom. The number of para-hydroxylation sites is 1. The van der Waals surface area contributed by atoms with Crippen molar-refractivity contribution in [1.82, 2.24) is 25.1 Å². The Hall–Kier alpha value is -2.50. The minimum Gasteiger partial charge on any atom is -0.339 e. The molecule has 2 aromatic heterocycles. The molecule has 0 aliphatic heterocycles. The Morgan fingerprint density at radius 1 is 1.14 bits per heavy atom. The second kappa shape index (κ2) is 5.36. The summed E-state index contributed by atoms with van der Waals surface area (Å²) < 4.78 is 7.23. The average molecular weight is 295 g/mol. The predicted molar refractivity (Wildman–Crippen MR) is 80.6 cm³/mol. The number of hydrogen-bond donors (Lipinski definition) is 0. The van der Waals surface area contributed by atoms with Crippen molar-refractivity contribution in [2.75, 3.05) is 0 Å². The largest absolute Gasteiger partial charge is 0.339 e. The van der Waals surface area contributed by atoms with Gasteiger partial charge in [0.1, 0.15) is 0 Å². The minimum atomic E-state index is 0.408. The smallest absolute Gasteiger partial charge is 0.230 e. The van der Waals surface area contributed by atoms with Crippen LogP contribution in [-0.4, -0.2) is 25.1 Å². The summed E-state index contributed by atoms with van der Waals surface area (Å²) in [5.41, 5.74) is 2.56. The highest BCUT2D eigenvalue weighted by atomic mass is 16.5. The van der Waals surface area contributed by atoms with Crippen LogP contribution in [0.25, 0.3) is 17.2 Å². The van der Waals surface area contributed by atoms with Gasteiger partial charge in [-0.1, -0.05) is 41.4 Å². The fourth-order valence-corrected chi connectivity index (χ4v) is 3.02. The number of aromatic nitrogens is 5. The van der Waals surface area contributed by atoms with E-state index in [-0.39, 0.29) is 0 Å². The van der Waals surface area contributed by atoms with E-state index in [1.807, 2.05) is 37.3 Å². The summed E-state index contributed by atoms with van der Waals surface area (Å²) in [5.74, 6) is 1.67. The van der Waals surface area contributed by atoms with Crippen LogP contribution in [0.15, 0.2) is 34.9 Å². The first-order valence-corrected chi connectivity index (χ1v) is 7.64. The monoisotopic (exact) mass is 295 g/mol. The molecule has 0 unspecified atom stereocenters. The van der Waals surface area contributed by atoms with Crippen molar-refractivity contribution >= 4 is 0 Å². The molecular weight excluding hydrogens is 278 g/mol. The highest BCUT2D eigenvalue weighted by Crippen LogP contribution is 2.34. The molecule has 6 heteroatoms. The third kappa shape index (κ3) is 2.20. The molecule has 1 aliphatic carbocycles. The van der Waals surface area contributed by atoms with Gasteiger partial charge in [0.15, 0.2) is 5.69 Å². The topological polar surface area (TPSA) is 69.6 Å². The molecule has 4 rings (SSSR count). The maximum Gasteiger partial charge on any atom is 0.230 e. The van der Waals surface area contributed by atoms with Crippen LogP contribution in [0.5, 0.6) is 0 Å². The summed E-state index contributed by atoms with van der Waals surface area (Å²) in [5, 5.41) is 12.5. The molecular formula is C16H17N5O. The first-order chi connectivity index (χ1) is 10.8. The van der Waals surface area contributed by atoms with Gasteiger partial charge < -0.3 is 4.52 Å². The van der Waals surface area contributed by atoms with Crippen molar-refractivity contribution < 1.29 is 4.52 Å². The molecule has 0 bridgehead atoms. The van der Waals surface area contributed by atoms with Crippen LogP contribution in [0.1, 0.15) is 43.2 Å². The van der Waals surface area contributed by atoms with Crippen LogP contribution in [0.2, 0.25) is 0 Å². The number of benzene rings is 1. The van der Waals surface area contributed by atoms with Gasteiger partial charge in [0.05, 0.1) is 11.4 Å². The van der Waals surface area contributed by atoms with E-state index < -0.39 is 0 Å². The zero-order chi connectivity index (χ0) is 14.9. The lowest BCUT2D eigenvalue weighted by Gasteiger charge is -2.01. The molecule has 1 aliphatic rings. The van der Waals surface area contributed by atoms with Gasteiger partial charge in [-0.25, -0.2) is 4.68 Å². The lowest BCUT2D eigenvalue weighted by atomic mass is 10.1. The van der Waals surface area contributed by atoms with Gasteiger partial charge in [0, 0.05) is 5.92 Å². The second-order valence-corrected chi connectivity index (χ2v) is 5.71. The van der Waals surface area contributed by atoms with Crippen LogP contribution in [0, 0.1) is 6.92 Å². The quantitative estimate of drug-likeness (QED) is 0.741. The SMILES string of the molecule is Cc1c(-c2noc(C3CCCC3)n2)nnn1-c1ccccc1. The first-order valence-electron chi connectivity index (χ1n) is 7.64. The molecule has 22 heavy (non-hydrogen) atoms. The van der Waals surface area contributed by atoms with E-state index in [9.17, 15) is 0 Å². The Kier molecular flexibility index (Phi) is 3.21. The van der Waals surface area contributed by atoms with Crippen LogP contribution in [0.4, 0.5) is 0 Å². The molecule has 112 valence electrons. The van der Waals surface area contributed by atoms with Crippen LogP contribution in [-0.2, 0) is 0 Å².